The van der Waals surface area contributed by atoms with Gasteiger partial charge in [-0.3, -0.25) is 9.59 Å². The molecule has 0 atom stereocenters. The quantitative estimate of drug-likeness (QED) is 0.538. The summed E-state index contributed by atoms with van der Waals surface area (Å²) in [5, 5.41) is 7.47. The highest BCUT2D eigenvalue weighted by molar-refractivity contribution is 6.06. The Morgan fingerprint density at radius 2 is 1.65 bits per heavy atom. The number of nitrogens with zero attached hydrogens (tertiary/aromatic N) is 2. The number of pyridine rings is 1. The highest BCUT2D eigenvalue weighted by Crippen LogP contribution is 2.29. The zero-order valence-electron chi connectivity index (χ0n) is 16.5. The molecule has 0 bridgehead atoms. The van der Waals surface area contributed by atoms with Gasteiger partial charge in [-0.05, 0) is 48.2 Å². The second-order valence-corrected chi connectivity index (χ2v) is 7.62. The van der Waals surface area contributed by atoms with Gasteiger partial charge >= 0.3 is 0 Å². The van der Waals surface area contributed by atoms with Crippen LogP contribution >= 0.6 is 0 Å². The number of benzene rings is 2. The average molecular weight is 414 g/mol. The van der Waals surface area contributed by atoms with Crippen LogP contribution < -0.4 is 11.1 Å². The summed E-state index contributed by atoms with van der Waals surface area (Å²) < 4.78 is 15.8. The number of primary amides is 1. The predicted molar refractivity (Wildman–Crippen MR) is 114 cm³/mol. The predicted octanol–water partition coefficient (Wildman–Crippen LogP) is 3.14. The van der Waals surface area contributed by atoms with Gasteiger partial charge in [0, 0.05) is 11.6 Å². The van der Waals surface area contributed by atoms with Crippen molar-refractivity contribution < 1.29 is 14.0 Å². The van der Waals surface area contributed by atoms with E-state index in [0.29, 0.717) is 5.52 Å². The third kappa shape index (κ3) is 3.24. The summed E-state index contributed by atoms with van der Waals surface area (Å²) in [6.45, 7) is 0. The molecule has 1 aliphatic rings. The van der Waals surface area contributed by atoms with Crippen LogP contribution in [0.3, 0.4) is 0 Å². The summed E-state index contributed by atoms with van der Waals surface area (Å²) in [5.74, 6) is -1.58. The number of halogens is 1. The van der Waals surface area contributed by atoms with E-state index in [-0.39, 0.29) is 34.5 Å². The number of fused-ring (bicyclic) bond motifs is 2. The molecule has 1 aliphatic carbocycles. The maximum absolute atomic E-state index is 14.4. The average Bonchev–Trinajstić information content (AvgIpc) is 3.34. The first kappa shape index (κ1) is 19.0. The lowest BCUT2D eigenvalue weighted by atomic mass is 10.1. The highest BCUT2D eigenvalue weighted by atomic mass is 19.1. The molecule has 0 saturated carbocycles. The molecule has 2 amide bonds. The summed E-state index contributed by atoms with van der Waals surface area (Å²) in [5.41, 5.74) is 9.00. The van der Waals surface area contributed by atoms with Crippen molar-refractivity contribution in [3.63, 3.8) is 0 Å². The zero-order valence-corrected chi connectivity index (χ0v) is 16.5. The number of amides is 2. The van der Waals surface area contributed by atoms with Crippen molar-refractivity contribution in [2.45, 2.75) is 18.9 Å². The van der Waals surface area contributed by atoms with Crippen molar-refractivity contribution in [1.82, 2.24) is 14.9 Å². The van der Waals surface area contributed by atoms with E-state index < -0.39 is 11.7 Å². The highest BCUT2D eigenvalue weighted by Gasteiger charge is 2.26. The number of hydrogen-bond acceptors (Lipinski definition) is 3. The molecule has 154 valence electrons. The molecule has 4 aromatic rings. The minimum absolute atomic E-state index is 0.0302. The maximum atomic E-state index is 14.4. The maximum Gasteiger partial charge on any atom is 0.270 e. The van der Waals surface area contributed by atoms with Crippen molar-refractivity contribution in [3.8, 4) is 11.3 Å². The molecule has 2 heterocycles. The SMILES string of the molecule is NC(=O)c1c(-c2ccccc2F)nn2c(C(=O)NC3Cc4ccccc4C3)cccc12. The number of hydrogen-bond donors (Lipinski definition) is 2. The van der Waals surface area contributed by atoms with E-state index in [4.69, 9.17) is 5.73 Å². The molecule has 0 radical (unpaired) electrons. The minimum atomic E-state index is -0.739. The summed E-state index contributed by atoms with van der Waals surface area (Å²) >= 11 is 0. The smallest absolute Gasteiger partial charge is 0.270 e. The molecule has 0 aliphatic heterocycles. The Bertz CT molecular complexity index is 1320. The molecule has 0 spiro atoms. The van der Waals surface area contributed by atoms with Crippen LogP contribution in [0.2, 0.25) is 0 Å². The Labute approximate surface area is 177 Å². The Hall–Kier alpha value is -4.00. The largest absolute Gasteiger partial charge is 0.365 e. The van der Waals surface area contributed by atoms with Crippen LogP contribution in [0.4, 0.5) is 4.39 Å². The number of nitrogens with one attached hydrogen (secondary N) is 1. The van der Waals surface area contributed by atoms with Crippen LogP contribution in [-0.2, 0) is 12.8 Å². The van der Waals surface area contributed by atoms with E-state index in [9.17, 15) is 14.0 Å². The van der Waals surface area contributed by atoms with Crippen molar-refractivity contribution in [2.24, 2.45) is 5.73 Å². The fourth-order valence-electron chi connectivity index (χ4n) is 4.25. The molecule has 0 unspecified atom stereocenters. The number of carbonyl (C=O) groups excluding carboxylic acids is 2. The van der Waals surface area contributed by atoms with Crippen molar-refractivity contribution in [3.05, 3.63) is 94.9 Å². The van der Waals surface area contributed by atoms with Gasteiger partial charge in [-0.2, -0.15) is 5.10 Å². The standard InChI is InChI=1S/C24H19FN4O2/c25-18-9-4-3-8-17(18)22-21(23(26)30)19-10-5-11-20(29(19)28-22)24(31)27-16-12-14-6-1-2-7-15(14)13-16/h1-11,16H,12-13H2,(H2,26,30)(H,27,31). The lowest BCUT2D eigenvalue weighted by Gasteiger charge is -2.12. The fraction of sp³-hybridized carbons (Fsp3) is 0.125. The zero-order chi connectivity index (χ0) is 21.5. The molecule has 2 aromatic carbocycles. The van der Waals surface area contributed by atoms with Crippen molar-refractivity contribution >= 4 is 17.3 Å². The van der Waals surface area contributed by atoms with Gasteiger partial charge < -0.3 is 11.1 Å². The third-order valence-corrected chi connectivity index (χ3v) is 5.65. The summed E-state index contributed by atoms with van der Waals surface area (Å²) in [6.07, 6.45) is 1.51. The van der Waals surface area contributed by atoms with E-state index in [1.54, 1.807) is 30.3 Å². The van der Waals surface area contributed by atoms with Gasteiger partial charge in [0.05, 0.1) is 11.1 Å². The van der Waals surface area contributed by atoms with Crippen LogP contribution in [0, 0.1) is 5.82 Å². The molecule has 7 heteroatoms. The molecule has 2 aromatic heterocycles. The van der Waals surface area contributed by atoms with E-state index in [1.807, 2.05) is 12.1 Å². The number of nitrogens with two attached hydrogens (primary N) is 1. The van der Waals surface area contributed by atoms with Gasteiger partial charge in [0.25, 0.3) is 11.8 Å². The molecule has 3 N–H and O–H groups in total. The Kier molecular flexibility index (Phi) is 4.51. The number of aromatic nitrogens is 2. The molecule has 0 saturated heterocycles. The molecule has 31 heavy (non-hydrogen) atoms. The van der Waals surface area contributed by atoms with Crippen molar-refractivity contribution in [1.29, 1.82) is 0 Å². The van der Waals surface area contributed by atoms with E-state index >= 15 is 0 Å². The van der Waals surface area contributed by atoms with Gasteiger partial charge in [-0.1, -0.05) is 42.5 Å². The minimum Gasteiger partial charge on any atom is -0.365 e. The second-order valence-electron chi connectivity index (χ2n) is 7.62. The third-order valence-electron chi connectivity index (χ3n) is 5.65. The van der Waals surface area contributed by atoms with Crippen molar-refractivity contribution in [2.75, 3.05) is 0 Å². The monoisotopic (exact) mass is 414 g/mol. The van der Waals surface area contributed by atoms with Gasteiger partial charge in [-0.15, -0.1) is 0 Å². The Morgan fingerprint density at radius 3 is 2.32 bits per heavy atom. The lowest BCUT2D eigenvalue weighted by Crippen LogP contribution is -2.36. The fourth-order valence-corrected chi connectivity index (χ4v) is 4.25. The molecular weight excluding hydrogens is 395 g/mol. The van der Waals surface area contributed by atoms with E-state index in [1.165, 1.54) is 27.8 Å². The normalized spacial score (nSPS) is 13.3. The lowest BCUT2D eigenvalue weighted by molar-refractivity contribution is 0.0929. The van der Waals surface area contributed by atoms with Gasteiger partial charge in [0.1, 0.15) is 17.2 Å². The molecular formula is C24H19FN4O2. The first-order valence-corrected chi connectivity index (χ1v) is 9.97. The first-order valence-electron chi connectivity index (χ1n) is 9.97. The summed E-state index contributed by atoms with van der Waals surface area (Å²) in [7, 11) is 0. The van der Waals surface area contributed by atoms with Gasteiger partial charge in [0.2, 0.25) is 0 Å². The van der Waals surface area contributed by atoms with E-state index in [0.717, 1.165) is 12.8 Å². The first-order chi connectivity index (χ1) is 15.0. The second kappa shape index (κ2) is 7.36. The number of carbonyl (C=O) groups is 2. The topological polar surface area (TPSA) is 89.5 Å². The van der Waals surface area contributed by atoms with Crippen LogP contribution in [-0.4, -0.2) is 27.5 Å². The molecule has 5 rings (SSSR count). The van der Waals surface area contributed by atoms with Crippen LogP contribution in [0.5, 0.6) is 0 Å². The van der Waals surface area contributed by atoms with Gasteiger partial charge in [0.15, 0.2) is 0 Å². The number of rotatable bonds is 4. The van der Waals surface area contributed by atoms with E-state index in [2.05, 4.69) is 22.5 Å². The summed E-state index contributed by atoms with van der Waals surface area (Å²) in [4.78, 5) is 25.3. The Balaban J connectivity index is 1.54. The summed E-state index contributed by atoms with van der Waals surface area (Å²) in [6, 6.07) is 19.0. The molecule has 0 fully saturated rings. The Morgan fingerprint density at radius 1 is 0.968 bits per heavy atom. The van der Waals surface area contributed by atoms with Crippen LogP contribution in [0.15, 0.2) is 66.7 Å². The van der Waals surface area contributed by atoms with Gasteiger partial charge in [-0.25, -0.2) is 8.91 Å². The molecule has 6 nitrogen and oxygen atoms in total. The van der Waals surface area contributed by atoms with Crippen LogP contribution in [0.1, 0.15) is 32.0 Å². The van der Waals surface area contributed by atoms with Crippen LogP contribution in [0.25, 0.3) is 16.8 Å².